The van der Waals surface area contributed by atoms with Crippen molar-refractivity contribution >= 4 is 17.2 Å². The van der Waals surface area contributed by atoms with Gasteiger partial charge in [0.2, 0.25) is 5.91 Å². The number of carbonyl (C=O) groups is 1. The quantitative estimate of drug-likeness (QED) is 0.852. The first kappa shape index (κ1) is 14.1. The van der Waals surface area contributed by atoms with E-state index in [0.717, 1.165) is 13.0 Å². The molecule has 3 nitrogen and oxygen atoms in total. The van der Waals surface area contributed by atoms with Crippen LogP contribution < -0.4 is 0 Å². The zero-order chi connectivity index (χ0) is 13.9. The summed E-state index contributed by atoms with van der Waals surface area (Å²) in [6.45, 7) is 2.16. The molecule has 0 aromatic carbocycles. The highest BCUT2D eigenvalue weighted by Crippen LogP contribution is 2.29. The van der Waals surface area contributed by atoms with Crippen LogP contribution in [0.2, 0.25) is 0 Å². The summed E-state index contributed by atoms with van der Waals surface area (Å²) in [6.07, 6.45) is 6.48. The molecule has 0 spiro atoms. The van der Waals surface area contributed by atoms with Gasteiger partial charge in [0.25, 0.3) is 0 Å². The van der Waals surface area contributed by atoms with Gasteiger partial charge in [-0.15, -0.1) is 0 Å². The Balaban J connectivity index is 1.58. The molecule has 110 valence electrons. The molecule has 1 amide bonds. The van der Waals surface area contributed by atoms with E-state index in [1.807, 2.05) is 0 Å². The van der Waals surface area contributed by atoms with Crippen LogP contribution in [0.5, 0.6) is 0 Å². The third-order valence-corrected chi connectivity index (χ3v) is 5.58. The molecular formula is C16H24N2OS. The summed E-state index contributed by atoms with van der Waals surface area (Å²) in [6, 6.07) is 3.20. The number of hydrogen-bond acceptors (Lipinski definition) is 3. The fourth-order valence-corrected chi connectivity index (χ4v) is 4.46. The van der Waals surface area contributed by atoms with E-state index in [1.54, 1.807) is 11.3 Å². The van der Waals surface area contributed by atoms with Crippen molar-refractivity contribution in [2.75, 3.05) is 20.1 Å². The summed E-state index contributed by atoms with van der Waals surface area (Å²) in [5.41, 5.74) is 1.30. The number of aryl methyl sites for hydroxylation is 1. The lowest BCUT2D eigenvalue weighted by Crippen LogP contribution is -2.47. The largest absolute Gasteiger partial charge is 0.338 e. The first-order chi connectivity index (χ1) is 9.75. The Labute approximate surface area is 125 Å². The molecule has 3 rings (SSSR count). The van der Waals surface area contributed by atoms with Crippen molar-refractivity contribution in [2.45, 2.75) is 50.6 Å². The van der Waals surface area contributed by atoms with Crippen molar-refractivity contribution in [1.29, 1.82) is 0 Å². The number of likely N-dealkylation sites (tertiary alicyclic amines) is 2. The Hall–Kier alpha value is -0.870. The third-order valence-electron chi connectivity index (χ3n) is 4.85. The van der Waals surface area contributed by atoms with E-state index in [0.29, 0.717) is 24.4 Å². The third kappa shape index (κ3) is 2.91. The van der Waals surface area contributed by atoms with Crippen LogP contribution in [-0.2, 0) is 11.2 Å². The molecule has 2 atom stereocenters. The molecule has 2 saturated heterocycles. The summed E-state index contributed by atoms with van der Waals surface area (Å²) in [4.78, 5) is 17.2. The van der Waals surface area contributed by atoms with Crippen LogP contribution in [0.1, 0.15) is 37.7 Å². The second kappa shape index (κ2) is 6.27. The predicted molar refractivity (Wildman–Crippen MR) is 83.0 cm³/mol. The Morgan fingerprint density at radius 3 is 2.80 bits per heavy atom. The average Bonchev–Trinajstić information content (AvgIpc) is 3.16. The minimum Gasteiger partial charge on any atom is -0.338 e. The zero-order valence-electron chi connectivity index (χ0n) is 12.3. The molecule has 0 aliphatic carbocycles. The van der Waals surface area contributed by atoms with Gasteiger partial charge >= 0.3 is 0 Å². The molecule has 0 N–H and O–H groups in total. The maximum Gasteiger partial charge on any atom is 0.223 e. The highest BCUT2D eigenvalue weighted by atomic mass is 32.1. The first-order valence-corrected chi connectivity index (χ1v) is 8.71. The van der Waals surface area contributed by atoms with Gasteiger partial charge in [-0.1, -0.05) is 0 Å². The number of thiophene rings is 1. The molecular weight excluding hydrogens is 268 g/mol. The highest BCUT2D eigenvalue weighted by Gasteiger charge is 2.37. The molecule has 2 fully saturated rings. The van der Waals surface area contributed by atoms with Gasteiger partial charge in [-0.05, 0) is 68.1 Å². The summed E-state index contributed by atoms with van der Waals surface area (Å²) < 4.78 is 0. The lowest BCUT2D eigenvalue weighted by atomic mass is 10.0. The molecule has 20 heavy (non-hydrogen) atoms. The van der Waals surface area contributed by atoms with E-state index in [4.69, 9.17) is 0 Å². The van der Waals surface area contributed by atoms with Gasteiger partial charge < -0.3 is 9.80 Å². The maximum absolute atomic E-state index is 12.5. The summed E-state index contributed by atoms with van der Waals surface area (Å²) >= 11 is 1.71. The lowest BCUT2D eigenvalue weighted by Gasteiger charge is -2.33. The number of likely N-dealkylation sites (N-methyl/N-ethyl adjacent to an activating group) is 1. The van der Waals surface area contributed by atoms with E-state index < -0.39 is 0 Å². The van der Waals surface area contributed by atoms with Gasteiger partial charge in [0.1, 0.15) is 0 Å². The minimum atomic E-state index is 0.360. The Morgan fingerprint density at radius 1 is 1.30 bits per heavy atom. The second-order valence-corrected chi connectivity index (χ2v) is 6.90. The molecule has 2 aliphatic heterocycles. The number of amides is 1. The molecule has 0 saturated carbocycles. The predicted octanol–water partition coefficient (Wildman–Crippen LogP) is 2.77. The molecule has 1 aromatic heterocycles. The van der Waals surface area contributed by atoms with E-state index in [2.05, 4.69) is 33.7 Å². The number of nitrogens with zero attached hydrogens (tertiary/aromatic N) is 2. The van der Waals surface area contributed by atoms with Gasteiger partial charge in [0.15, 0.2) is 0 Å². The number of rotatable bonds is 4. The SMILES string of the molecule is CN1CCC[C@H]1[C@H]1CCCN1C(=O)CCc1ccsc1. The maximum atomic E-state index is 12.5. The first-order valence-electron chi connectivity index (χ1n) is 7.76. The second-order valence-electron chi connectivity index (χ2n) is 6.12. The van der Waals surface area contributed by atoms with Crippen molar-refractivity contribution in [3.05, 3.63) is 22.4 Å². The van der Waals surface area contributed by atoms with Crippen LogP contribution in [-0.4, -0.2) is 47.9 Å². The smallest absolute Gasteiger partial charge is 0.223 e. The van der Waals surface area contributed by atoms with Gasteiger partial charge in [-0.25, -0.2) is 0 Å². The lowest BCUT2D eigenvalue weighted by molar-refractivity contribution is -0.132. The van der Waals surface area contributed by atoms with Gasteiger partial charge in [-0.3, -0.25) is 4.79 Å². The van der Waals surface area contributed by atoms with Crippen molar-refractivity contribution < 1.29 is 4.79 Å². The number of carbonyl (C=O) groups excluding carboxylic acids is 1. The average molecular weight is 292 g/mol. The molecule has 0 bridgehead atoms. The normalized spacial score (nSPS) is 27.4. The zero-order valence-corrected chi connectivity index (χ0v) is 13.1. The Kier molecular flexibility index (Phi) is 4.41. The topological polar surface area (TPSA) is 23.6 Å². The van der Waals surface area contributed by atoms with Gasteiger partial charge in [0, 0.05) is 25.0 Å². The number of hydrogen-bond donors (Lipinski definition) is 0. The Bertz CT molecular complexity index is 445. The van der Waals surface area contributed by atoms with Crippen LogP contribution in [0.25, 0.3) is 0 Å². The van der Waals surface area contributed by atoms with Crippen LogP contribution in [0.15, 0.2) is 16.8 Å². The van der Waals surface area contributed by atoms with Crippen LogP contribution in [0.4, 0.5) is 0 Å². The van der Waals surface area contributed by atoms with Crippen molar-refractivity contribution in [3.63, 3.8) is 0 Å². The van der Waals surface area contributed by atoms with E-state index in [9.17, 15) is 4.79 Å². The van der Waals surface area contributed by atoms with Crippen molar-refractivity contribution in [2.24, 2.45) is 0 Å². The summed E-state index contributed by atoms with van der Waals surface area (Å²) in [5.74, 6) is 0.360. The fourth-order valence-electron chi connectivity index (χ4n) is 3.75. The van der Waals surface area contributed by atoms with E-state index >= 15 is 0 Å². The Morgan fingerprint density at radius 2 is 2.10 bits per heavy atom. The minimum absolute atomic E-state index is 0.360. The van der Waals surface area contributed by atoms with E-state index in [1.165, 1.54) is 37.8 Å². The molecule has 4 heteroatoms. The van der Waals surface area contributed by atoms with E-state index in [-0.39, 0.29) is 0 Å². The van der Waals surface area contributed by atoms with Crippen LogP contribution >= 0.6 is 11.3 Å². The van der Waals surface area contributed by atoms with Crippen molar-refractivity contribution in [1.82, 2.24) is 9.80 Å². The van der Waals surface area contributed by atoms with Gasteiger partial charge in [-0.2, -0.15) is 11.3 Å². The molecule has 0 unspecified atom stereocenters. The van der Waals surface area contributed by atoms with Crippen LogP contribution in [0, 0.1) is 0 Å². The molecule has 1 aromatic rings. The monoisotopic (exact) mass is 292 g/mol. The van der Waals surface area contributed by atoms with Crippen LogP contribution in [0.3, 0.4) is 0 Å². The summed E-state index contributed by atoms with van der Waals surface area (Å²) in [7, 11) is 2.21. The standard InChI is InChI=1S/C16H24N2OS/c1-17-9-2-4-14(17)15-5-3-10-18(15)16(19)7-6-13-8-11-20-12-13/h8,11-12,14-15H,2-7,9-10H2,1H3/t14-,15+/m0/s1. The summed E-state index contributed by atoms with van der Waals surface area (Å²) in [5, 5.41) is 4.24. The highest BCUT2D eigenvalue weighted by molar-refractivity contribution is 7.07. The van der Waals surface area contributed by atoms with Gasteiger partial charge in [0.05, 0.1) is 0 Å². The molecule has 0 radical (unpaired) electrons. The fraction of sp³-hybridized carbons (Fsp3) is 0.688. The van der Waals surface area contributed by atoms with Crippen molar-refractivity contribution in [3.8, 4) is 0 Å². The molecule has 3 heterocycles. The molecule has 2 aliphatic rings.